The molecule has 0 radical (unpaired) electrons. The molecule has 3 rings (SSSR count). The first-order valence-corrected chi connectivity index (χ1v) is 10.4. The Morgan fingerprint density at radius 3 is 2.62 bits per heavy atom. The number of nitrogens with one attached hydrogen (secondary N) is 2. The predicted octanol–water partition coefficient (Wildman–Crippen LogP) is 3.97. The summed E-state index contributed by atoms with van der Waals surface area (Å²) < 4.78 is 6.95. The number of aromatic nitrogens is 2. The van der Waals surface area contributed by atoms with Gasteiger partial charge in [-0.3, -0.25) is 9.48 Å². The number of hydrogen-bond acceptors (Lipinski definition) is 6. The van der Waals surface area contributed by atoms with Gasteiger partial charge in [0.1, 0.15) is 10.7 Å². The van der Waals surface area contributed by atoms with Crippen molar-refractivity contribution in [3.8, 4) is 0 Å². The third-order valence-electron chi connectivity index (χ3n) is 4.80. The molecule has 7 nitrogen and oxygen atoms in total. The van der Waals surface area contributed by atoms with E-state index in [4.69, 9.17) is 4.74 Å². The van der Waals surface area contributed by atoms with Crippen LogP contribution in [0.15, 0.2) is 12.3 Å². The molecular formula is C20H29ClN4O3S. The van der Waals surface area contributed by atoms with E-state index in [1.54, 1.807) is 23.9 Å². The number of carbonyl (C=O) groups is 2. The molecule has 2 N–H and O–H groups in total. The second-order valence-corrected chi connectivity index (χ2v) is 9.15. The van der Waals surface area contributed by atoms with Crippen LogP contribution in [0, 0.1) is 0 Å². The zero-order valence-electron chi connectivity index (χ0n) is 17.7. The summed E-state index contributed by atoms with van der Waals surface area (Å²) in [5.41, 5.74) is 1.39. The largest absolute Gasteiger partial charge is 0.462 e. The Morgan fingerprint density at radius 1 is 1.31 bits per heavy atom. The minimum atomic E-state index is -0.396. The van der Waals surface area contributed by atoms with Crippen molar-refractivity contribution in [1.29, 1.82) is 0 Å². The second kappa shape index (κ2) is 8.45. The summed E-state index contributed by atoms with van der Waals surface area (Å²) in [7, 11) is 0. The van der Waals surface area contributed by atoms with Crippen molar-refractivity contribution in [2.24, 2.45) is 0 Å². The Balaban J connectivity index is 0.00000300. The Bertz CT molecular complexity index is 917. The van der Waals surface area contributed by atoms with Gasteiger partial charge in [-0.25, -0.2) is 4.79 Å². The number of fused-ring (bicyclic) bond motifs is 1. The number of amides is 1. The van der Waals surface area contributed by atoms with E-state index in [1.165, 1.54) is 11.3 Å². The summed E-state index contributed by atoms with van der Waals surface area (Å²) in [6.45, 7) is 13.0. The first kappa shape index (κ1) is 23.4. The van der Waals surface area contributed by atoms with Crippen LogP contribution in [0.1, 0.15) is 72.8 Å². The lowest BCUT2D eigenvalue weighted by Crippen LogP contribution is -2.55. The summed E-state index contributed by atoms with van der Waals surface area (Å²) in [4.78, 5) is 26.7. The highest BCUT2D eigenvalue weighted by Gasteiger charge is 2.42. The Hall–Kier alpha value is -1.90. The van der Waals surface area contributed by atoms with Crippen LogP contribution in [0.2, 0.25) is 0 Å². The zero-order valence-corrected chi connectivity index (χ0v) is 19.3. The predicted molar refractivity (Wildman–Crippen MR) is 117 cm³/mol. The van der Waals surface area contributed by atoms with Gasteiger partial charge < -0.3 is 15.4 Å². The van der Waals surface area contributed by atoms with Crippen molar-refractivity contribution in [3.63, 3.8) is 0 Å². The SMILES string of the molecule is CCOC(=O)c1c(NC(=O)c2ccnn2CC)sc2c1CC(C)(C)NC2(C)C.Cl. The fourth-order valence-corrected chi connectivity index (χ4v) is 5.24. The number of anilines is 1. The number of carbonyl (C=O) groups excluding carboxylic acids is 2. The van der Waals surface area contributed by atoms with Gasteiger partial charge in [0.05, 0.1) is 12.2 Å². The maximum atomic E-state index is 12.9. The molecule has 3 heterocycles. The van der Waals surface area contributed by atoms with Gasteiger partial charge in [-0.1, -0.05) is 0 Å². The molecule has 1 aliphatic heterocycles. The topological polar surface area (TPSA) is 85.2 Å². The average Bonchev–Trinajstić information content (AvgIpc) is 3.18. The van der Waals surface area contributed by atoms with Crippen LogP contribution < -0.4 is 10.6 Å². The molecule has 9 heteroatoms. The summed E-state index contributed by atoms with van der Waals surface area (Å²) in [5, 5.41) is 11.3. The number of nitrogens with zero attached hydrogens (tertiary/aromatic N) is 2. The smallest absolute Gasteiger partial charge is 0.341 e. The van der Waals surface area contributed by atoms with Gasteiger partial charge in [0, 0.05) is 28.7 Å². The standard InChI is InChI=1S/C20H28N4O3S.ClH/c1-7-24-13(9-10-21-24)16(25)22-17-14(18(26)27-8-2)12-11-19(3,4)23-20(5,6)15(12)28-17;/h9-10,23H,7-8,11H2,1-6H3,(H,22,25);1H. The van der Waals surface area contributed by atoms with Crippen LogP contribution in [0.5, 0.6) is 0 Å². The molecule has 2 aromatic heterocycles. The van der Waals surface area contributed by atoms with Gasteiger partial charge in [0.25, 0.3) is 5.91 Å². The maximum absolute atomic E-state index is 12.9. The maximum Gasteiger partial charge on any atom is 0.341 e. The number of halogens is 1. The number of rotatable bonds is 5. The van der Waals surface area contributed by atoms with E-state index < -0.39 is 5.97 Å². The lowest BCUT2D eigenvalue weighted by Gasteiger charge is -2.42. The molecular weight excluding hydrogens is 412 g/mol. The number of hydrogen-bond donors (Lipinski definition) is 2. The quantitative estimate of drug-likeness (QED) is 0.687. The monoisotopic (exact) mass is 440 g/mol. The van der Waals surface area contributed by atoms with E-state index in [-0.39, 0.29) is 36.0 Å². The van der Waals surface area contributed by atoms with Crippen LogP contribution in [0.3, 0.4) is 0 Å². The first-order valence-electron chi connectivity index (χ1n) is 9.55. The second-order valence-electron chi connectivity index (χ2n) is 8.13. The molecule has 0 fully saturated rings. The average molecular weight is 441 g/mol. The van der Waals surface area contributed by atoms with Crippen LogP contribution in [-0.4, -0.2) is 33.8 Å². The van der Waals surface area contributed by atoms with Crippen molar-refractivity contribution in [1.82, 2.24) is 15.1 Å². The Kier molecular flexibility index (Phi) is 6.82. The van der Waals surface area contributed by atoms with Crippen molar-refractivity contribution in [2.45, 2.75) is 65.6 Å². The highest BCUT2D eigenvalue weighted by molar-refractivity contribution is 7.17. The highest BCUT2D eigenvalue weighted by Crippen LogP contribution is 2.45. The number of aryl methyl sites for hydroxylation is 1. The zero-order chi connectivity index (χ0) is 20.7. The van der Waals surface area contributed by atoms with Crippen molar-refractivity contribution in [2.75, 3.05) is 11.9 Å². The van der Waals surface area contributed by atoms with Crippen LogP contribution in [-0.2, 0) is 23.2 Å². The minimum absolute atomic E-state index is 0. The number of esters is 1. The lowest BCUT2D eigenvalue weighted by molar-refractivity contribution is 0.0526. The molecule has 0 spiro atoms. The third kappa shape index (κ3) is 4.49. The molecule has 29 heavy (non-hydrogen) atoms. The fraction of sp³-hybridized carbons (Fsp3) is 0.550. The van der Waals surface area contributed by atoms with E-state index >= 15 is 0 Å². The molecule has 0 aliphatic carbocycles. The normalized spacial score (nSPS) is 16.5. The van der Waals surface area contributed by atoms with Gasteiger partial charge in [-0.2, -0.15) is 5.10 Å². The molecule has 0 saturated heterocycles. The summed E-state index contributed by atoms with van der Waals surface area (Å²) in [5.74, 6) is -0.679. The van der Waals surface area contributed by atoms with E-state index in [0.717, 1.165) is 10.4 Å². The van der Waals surface area contributed by atoms with Gasteiger partial charge in [-0.05, 0) is 59.6 Å². The van der Waals surface area contributed by atoms with Crippen molar-refractivity contribution in [3.05, 3.63) is 34.0 Å². The van der Waals surface area contributed by atoms with Gasteiger partial charge in [-0.15, -0.1) is 23.7 Å². The molecule has 2 aromatic rings. The molecule has 0 unspecified atom stereocenters. The molecule has 0 aromatic carbocycles. The van der Waals surface area contributed by atoms with Crippen LogP contribution in [0.4, 0.5) is 5.00 Å². The molecule has 0 atom stereocenters. The molecule has 0 bridgehead atoms. The van der Waals surface area contributed by atoms with E-state index in [9.17, 15) is 9.59 Å². The number of ether oxygens (including phenoxy) is 1. The van der Waals surface area contributed by atoms with E-state index in [2.05, 4.69) is 43.4 Å². The molecule has 1 amide bonds. The van der Waals surface area contributed by atoms with Crippen molar-refractivity contribution < 1.29 is 14.3 Å². The lowest BCUT2D eigenvalue weighted by atomic mass is 9.81. The third-order valence-corrected chi connectivity index (χ3v) is 6.27. The first-order chi connectivity index (χ1) is 13.1. The van der Waals surface area contributed by atoms with Gasteiger partial charge in [0.2, 0.25) is 0 Å². The van der Waals surface area contributed by atoms with Gasteiger partial charge in [0.15, 0.2) is 0 Å². The Labute approximate surface area is 181 Å². The highest BCUT2D eigenvalue weighted by atomic mass is 35.5. The van der Waals surface area contributed by atoms with E-state index in [0.29, 0.717) is 29.2 Å². The summed E-state index contributed by atoms with van der Waals surface area (Å²) in [6, 6.07) is 1.67. The van der Waals surface area contributed by atoms with Crippen molar-refractivity contribution >= 4 is 40.6 Å². The Morgan fingerprint density at radius 2 is 2.00 bits per heavy atom. The summed E-state index contributed by atoms with van der Waals surface area (Å²) in [6.07, 6.45) is 2.28. The molecule has 1 aliphatic rings. The minimum Gasteiger partial charge on any atom is -0.462 e. The summed E-state index contributed by atoms with van der Waals surface area (Å²) >= 11 is 1.44. The van der Waals surface area contributed by atoms with Crippen LogP contribution in [0.25, 0.3) is 0 Å². The van der Waals surface area contributed by atoms with Gasteiger partial charge >= 0.3 is 5.97 Å². The molecule has 0 saturated carbocycles. The fourth-order valence-electron chi connectivity index (χ4n) is 3.98. The number of thiophene rings is 1. The van der Waals surface area contributed by atoms with Crippen LogP contribution >= 0.6 is 23.7 Å². The molecule has 160 valence electrons. The van der Waals surface area contributed by atoms with E-state index in [1.807, 2.05) is 6.92 Å².